The van der Waals surface area contributed by atoms with E-state index in [0.717, 1.165) is 16.8 Å². The van der Waals surface area contributed by atoms with E-state index in [2.05, 4.69) is 5.32 Å². The summed E-state index contributed by atoms with van der Waals surface area (Å²) in [5.74, 6) is -0.534. The van der Waals surface area contributed by atoms with Crippen molar-refractivity contribution in [1.82, 2.24) is 9.88 Å². The summed E-state index contributed by atoms with van der Waals surface area (Å²) in [5.41, 5.74) is 3.85. The third kappa shape index (κ3) is 5.06. The van der Waals surface area contributed by atoms with Crippen molar-refractivity contribution < 1.29 is 14.3 Å². The second-order valence-electron chi connectivity index (χ2n) is 6.60. The van der Waals surface area contributed by atoms with Crippen molar-refractivity contribution in [1.29, 1.82) is 0 Å². The SMILES string of the molecule is CCOC(=O)c1cc(-c2ccccc2)n(CC(=O)NCc2ccc(Cl)cc2)c1C. The van der Waals surface area contributed by atoms with Crippen molar-refractivity contribution in [3.05, 3.63) is 82.5 Å². The van der Waals surface area contributed by atoms with Gasteiger partial charge >= 0.3 is 5.97 Å². The molecule has 3 rings (SSSR count). The number of esters is 1. The molecule has 3 aromatic rings. The van der Waals surface area contributed by atoms with Gasteiger partial charge in [-0.3, -0.25) is 4.79 Å². The van der Waals surface area contributed by atoms with Crippen LogP contribution in [0.25, 0.3) is 11.3 Å². The topological polar surface area (TPSA) is 60.3 Å². The molecule has 0 fully saturated rings. The van der Waals surface area contributed by atoms with Gasteiger partial charge in [-0.1, -0.05) is 54.1 Å². The zero-order chi connectivity index (χ0) is 20.8. The lowest BCUT2D eigenvalue weighted by Gasteiger charge is -2.13. The highest BCUT2D eigenvalue weighted by atomic mass is 35.5. The number of nitrogens with zero attached hydrogens (tertiary/aromatic N) is 1. The maximum Gasteiger partial charge on any atom is 0.339 e. The normalized spacial score (nSPS) is 10.6. The predicted molar refractivity (Wildman–Crippen MR) is 114 cm³/mol. The van der Waals surface area contributed by atoms with Crippen LogP contribution in [0.3, 0.4) is 0 Å². The summed E-state index contributed by atoms with van der Waals surface area (Å²) in [5, 5.41) is 3.57. The van der Waals surface area contributed by atoms with Crippen LogP contribution < -0.4 is 5.32 Å². The summed E-state index contributed by atoms with van der Waals surface area (Å²) in [7, 11) is 0. The van der Waals surface area contributed by atoms with E-state index in [1.807, 2.05) is 54.0 Å². The van der Waals surface area contributed by atoms with Gasteiger partial charge in [0.15, 0.2) is 0 Å². The molecule has 0 atom stereocenters. The molecule has 1 N–H and O–H groups in total. The van der Waals surface area contributed by atoms with Crippen LogP contribution in [0.1, 0.15) is 28.5 Å². The number of carbonyl (C=O) groups is 2. The van der Waals surface area contributed by atoms with Crippen molar-refractivity contribution >= 4 is 23.5 Å². The third-order valence-corrected chi connectivity index (χ3v) is 4.89. The number of rotatable bonds is 7. The average Bonchev–Trinajstić information content (AvgIpc) is 3.05. The van der Waals surface area contributed by atoms with Gasteiger partial charge in [0.2, 0.25) is 5.91 Å². The minimum Gasteiger partial charge on any atom is -0.462 e. The molecule has 0 radical (unpaired) electrons. The molecule has 0 aliphatic heterocycles. The first kappa shape index (κ1) is 20.7. The lowest BCUT2D eigenvalue weighted by Crippen LogP contribution is -2.27. The Labute approximate surface area is 175 Å². The smallest absolute Gasteiger partial charge is 0.339 e. The number of aromatic nitrogens is 1. The molecule has 2 aromatic carbocycles. The van der Waals surface area contributed by atoms with E-state index in [9.17, 15) is 9.59 Å². The van der Waals surface area contributed by atoms with E-state index < -0.39 is 0 Å². The van der Waals surface area contributed by atoms with Crippen LogP contribution in [0.5, 0.6) is 0 Å². The van der Waals surface area contributed by atoms with Gasteiger partial charge in [0.05, 0.1) is 12.2 Å². The number of benzene rings is 2. The van der Waals surface area contributed by atoms with Crippen LogP contribution in [0.4, 0.5) is 0 Å². The largest absolute Gasteiger partial charge is 0.462 e. The van der Waals surface area contributed by atoms with Crippen molar-refractivity contribution in [2.75, 3.05) is 6.61 Å². The van der Waals surface area contributed by atoms with Gasteiger partial charge in [-0.2, -0.15) is 0 Å². The molecular weight excluding hydrogens is 388 g/mol. The van der Waals surface area contributed by atoms with E-state index in [1.54, 1.807) is 25.1 Å². The number of carbonyl (C=O) groups excluding carboxylic acids is 2. The molecule has 1 amide bonds. The number of ether oxygens (including phenoxy) is 1. The summed E-state index contributed by atoms with van der Waals surface area (Å²) in [4.78, 5) is 25.0. The van der Waals surface area contributed by atoms with Crippen molar-refractivity contribution in [3.8, 4) is 11.3 Å². The van der Waals surface area contributed by atoms with E-state index in [0.29, 0.717) is 29.4 Å². The van der Waals surface area contributed by atoms with E-state index in [1.165, 1.54) is 0 Å². The first-order valence-electron chi connectivity index (χ1n) is 9.43. The van der Waals surface area contributed by atoms with Crippen molar-refractivity contribution in [2.45, 2.75) is 26.9 Å². The number of nitrogens with one attached hydrogen (secondary N) is 1. The molecule has 0 spiro atoms. The Morgan fingerprint density at radius 1 is 1.07 bits per heavy atom. The summed E-state index contributed by atoms with van der Waals surface area (Å²) in [6.45, 7) is 4.40. The fourth-order valence-electron chi connectivity index (χ4n) is 3.11. The Morgan fingerprint density at radius 3 is 2.41 bits per heavy atom. The summed E-state index contributed by atoms with van der Waals surface area (Å²) < 4.78 is 7.02. The highest BCUT2D eigenvalue weighted by Gasteiger charge is 2.20. The Bertz CT molecular complexity index is 995. The van der Waals surface area contributed by atoms with Gasteiger partial charge in [-0.15, -0.1) is 0 Å². The van der Waals surface area contributed by atoms with Crippen molar-refractivity contribution in [2.24, 2.45) is 0 Å². The van der Waals surface area contributed by atoms with Crippen LogP contribution >= 0.6 is 11.6 Å². The lowest BCUT2D eigenvalue weighted by molar-refractivity contribution is -0.121. The number of halogens is 1. The maximum absolute atomic E-state index is 12.6. The second-order valence-corrected chi connectivity index (χ2v) is 7.04. The first-order chi connectivity index (χ1) is 14.0. The lowest BCUT2D eigenvalue weighted by atomic mass is 10.1. The molecule has 0 bridgehead atoms. The molecular formula is C23H23ClN2O3. The zero-order valence-electron chi connectivity index (χ0n) is 16.4. The predicted octanol–water partition coefficient (Wildman–Crippen LogP) is 4.61. The van der Waals surface area contributed by atoms with Gasteiger partial charge in [0.1, 0.15) is 6.54 Å². The molecule has 1 aromatic heterocycles. The maximum atomic E-state index is 12.6. The molecule has 0 aliphatic rings. The molecule has 5 nitrogen and oxygen atoms in total. The molecule has 1 heterocycles. The molecule has 0 saturated carbocycles. The molecule has 0 saturated heterocycles. The van der Waals surface area contributed by atoms with Gasteiger partial charge in [-0.05, 0) is 43.2 Å². The second kappa shape index (κ2) is 9.43. The number of hydrogen-bond acceptors (Lipinski definition) is 3. The van der Waals surface area contributed by atoms with Crippen LogP contribution in [0.15, 0.2) is 60.7 Å². The van der Waals surface area contributed by atoms with Gasteiger partial charge in [0, 0.05) is 23.0 Å². The van der Waals surface area contributed by atoms with Crippen LogP contribution in [0, 0.1) is 6.92 Å². The van der Waals surface area contributed by atoms with Crippen LogP contribution in [-0.4, -0.2) is 23.1 Å². The first-order valence-corrected chi connectivity index (χ1v) is 9.81. The quantitative estimate of drug-likeness (QED) is 0.578. The Hall–Kier alpha value is -3.05. The van der Waals surface area contributed by atoms with Crippen molar-refractivity contribution in [3.63, 3.8) is 0 Å². The fraction of sp³-hybridized carbons (Fsp3) is 0.217. The fourth-order valence-corrected chi connectivity index (χ4v) is 3.24. The summed E-state index contributed by atoms with van der Waals surface area (Å²) >= 11 is 5.90. The average molecular weight is 411 g/mol. The number of hydrogen-bond donors (Lipinski definition) is 1. The highest BCUT2D eigenvalue weighted by Crippen LogP contribution is 2.26. The number of amides is 1. The molecule has 6 heteroatoms. The van der Waals surface area contributed by atoms with Crippen LogP contribution in [-0.2, 0) is 22.6 Å². The Morgan fingerprint density at radius 2 is 1.76 bits per heavy atom. The minimum atomic E-state index is -0.387. The van der Waals surface area contributed by atoms with E-state index in [-0.39, 0.29) is 18.4 Å². The van der Waals surface area contributed by atoms with E-state index in [4.69, 9.17) is 16.3 Å². The van der Waals surface area contributed by atoms with Gasteiger partial charge in [0.25, 0.3) is 0 Å². The van der Waals surface area contributed by atoms with Gasteiger partial charge in [-0.25, -0.2) is 4.79 Å². The Balaban J connectivity index is 1.83. The summed E-state index contributed by atoms with van der Waals surface area (Å²) in [6.07, 6.45) is 0. The van der Waals surface area contributed by atoms with Gasteiger partial charge < -0.3 is 14.6 Å². The molecule has 0 aliphatic carbocycles. The third-order valence-electron chi connectivity index (χ3n) is 4.64. The zero-order valence-corrected chi connectivity index (χ0v) is 17.2. The Kier molecular flexibility index (Phi) is 6.73. The van der Waals surface area contributed by atoms with Crippen LogP contribution in [0.2, 0.25) is 5.02 Å². The standard InChI is InChI=1S/C23H23ClN2O3/c1-3-29-23(28)20-13-21(18-7-5-4-6-8-18)26(16(20)2)15-22(27)25-14-17-9-11-19(24)12-10-17/h4-13H,3,14-15H2,1-2H3,(H,25,27). The summed E-state index contributed by atoms with van der Waals surface area (Å²) in [6, 6.07) is 18.8. The molecule has 0 unspecified atom stereocenters. The monoisotopic (exact) mass is 410 g/mol. The van der Waals surface area contributed by atoms with E-state index >= 15 is 0 Å². The highest BCUT2D eigenvalue weighted by molar-refractivity contribution is 6.30. The minimum absolute atomic E-state index is 0.100. The molecule has 150 valence electrons. The molecule has 29 heavy (non-hydrogen) atoms.